The second-order valence-electron chi connectivity index (χ2n) is 31.2. The van der Waals surface area contributed by atoms with Crippen molar-refractivity contribution in [1.29, 1.82) is 0 Å². The lowest BCUT2D eigenvalue weighted by Crippen LogP contribution is -2.42. The van der Waals surface area contributed by atoms with Gasteiger partial charge in [0.2, 0.25) is 0 Å². The number of anilines is 10. The molecule has 0 bridgehead atoms. The molecule has 3 aliphatic heterocycles. The van der Waals surface area contributed by atoms with Gasteiger partial charge >= 0.3 is 0 Å². The van der Waals surface area contributed by atoms with Crippen LogP contribution in [0.3, 0.4) is 0 Å². The number of aryl methyl sites for hydroxylation is 3. The molecule has 0 fully saturated rings. The highest BCUT2D eigenvalue weighted by Gasteiger charge is 2.43. The van der Waals surface area contributed by atoms with Crippen LogP contribution in [0, 0.1) is 20.8 Å². The lowest BCUT2D eigenvalue weighted by Gasteiger charge is -2.35. The topological polar surface area (TPSA) is 58.1 Å². The summed E-state index contributed by atoms with van der Waals surface area (Å²) in [6, 6.07) is 117. The number of rotatable bonds is 5. The molecule has 13 aromatic carbocycles. The summed E-state index contributed by atoms with van der Waals surface area (Å²) in [6.07, 6.45) is 6.02. The molecule has 3 aromatic heterocycles. The average molecular weight is 1490 g/mol. The molecule has 16 aromatic rings. The lowest BCUT2D eigenvalue weighted by atomic mass is 9.79. The average Bonchev–Trinajstić information content (AvgIpc) is 1.69. The molecule has 0 amide bonds. The van der Waals surface area contributed by atoms with Gasteiger partial charge < -0.3 is 29.4 Å². The highest BCUT2D eigenvalue weighted by molar-refractivity contribution is 6.12. The van der Waals surface area contributed by atoms with Crippen LogP contribution in [-0.4, -0.2) is 46.5 Å². The highest BCUT2D eigenvalue weighted by atomic mass is 15.5. The molecular weight excluding hydrogens is 1400 g/mol. The molecule has 115 heavy (non-hydrogen) atoms. The second kappa shape index (κ2) is 28.4. The van der Waals surface area contributed by atoms with Crippen LogP contribution in [0.5, 0.6) is 0 Å². The molecule has 9 heteroatoms. The van der Waals surface area contributed by atoms with Crippen molar-refractivity contribution in [3.63, 3.8) is 0 Å². The van der Waals surface area contributed by atoms with Crippen molar-refractivity contribution in [3.05, 3.63) is 357 Å². The number of nitrogens with zero attached hydrogens (tertiary/aromatic N) is 9. The van der Waals surface area contributed by atoms with Gasteiger partial charge in [0, 0.05) is 54.1 Å². The number of fused-ring (bicyclic) bond motifs is 27. The summed E-state index contributed by atoms with van der Waals surface area (Å²) in [5.41, 5.74) is 42.3. The minimum Gasteiger partial charge on any atom is -0.351 e. The molecule has 0 saturated heterocycles. The number of benzene rings is 13. The van der Waals surface area contributed by atoms with E-state index < -0.39 is 0 Å². The molecule has 6 aliphatic rings. The molecule has 0 spiro atoms. The summed E-state index contributed by atoms with van der Waals surface area (Å²) in [4.78, 5) is 29.4. The first kappa shape index (κ1) is 70.2. The molecule has 0 radical (unpaired) electrons. The van der Waals surface area contributed by atoms with E-state index in [0.717, 1.165) is 34.5 Å². The van der Waals surface area contributed by atoms with Crippen molar-refractivity contribution in [2.45, 2.75) is 79.9 Å². The minimum atomic E-state index is 0.0210. The van der Waals surface area contributed by atoms with Crippen LogP contribution >= 0.6 is 0 Å². The Morgan fingerprint density at radius 2 is 0.487 bits per heavy atom. The van der Waals surface area contributed by atoms with E-state index in [4.69, 9.17) is 15.0 Å². The Hall–Kier alpha value is -13.9. The standard InChI is InChI=1S/C38H29N3.C35H31N3.C33H27N3/c1-25-22-23-34-32-19-9-8-17-30(32)28-15-6-7-16-29(28)31-18-10-11-20-33(31)36(34)37(25)41-26(2)40(27-13-4-3-5-14-27)35-21-12-24-39-38(35)41;1-22(2)37-24(4)38(35-32(37)18-11-21-36-35)34-23(3)19-20-31-29-16-8-7-14-27(29)25-12-5-6-13-26(25)28-15-9-10-17-30(28)33(31)34;1-21-18-19-29-27-15-7-6-13-25(27)23-11-4-5-12-24(23)26-14-8-9-16-28(26)31(29)32(21)36-22(2)35(3)30-17-10-20-34-33(30)36/h3-24,26H,1-2H3;5-22,24H,1-4H3;4-20,22H,1-3H3/t26-;24-;22-/m000/s1. The smallest absolute Gasteiger partial charge is 0.158 e. The van der Waals surface area contributed by atoms with Gasteiger partial charge in [-0.2, -0.15) is 0 Å². The zero-order chi connectivity index (χ0) is 77.9. The third-order valence-corrected chi connectivity index (χ3v) is 24.6. The molecule has 0 saturated carbocycles. The Bertz CT molecular complexity index is 6520. The van der Waals surface area contributed by atoms with Crippen LogP contribution in [0.25, 0.3) is 134 Å². The van der Waals surface area contributed by atoms with Gasteiger partial charge in [-0.25, -0.2) is 15.0 Å². The van der Waals surface area contributed by atoms with Gasteiger partial charge in [-0.15, -0.1) is 0 Å². The quantitative estimate of drug-likeness (QED) is 0.168. The fraction of sp³-hybridized carbons (Fsp3) is 0.123. The summed E-state index contributed by atoms with van der Waals surface area (Å²) in [7, 11) is 2.16. The summed E-state index contributed by atoms with van der Waals surface area (Å²) in [6.45, 7) is 18.1. The van der Waals surface area contributed by atoms with Crippen LogP contribution in [0.2, 0.25) is 0 Å². The van der Waals surface area contributed by atoms with E-state index in [1.807, 2.05) is 30.7 Å². The maximum Gasteiger partial charge on any atom is 0.158 e. The summed E-state index contributed by atoms with van der Waals surface area (Å²) >= 11 is 0. The van der Waals surface area contributed by atoms with Crippen molar-refractivity contribution in [2.75, 3.05) is 36.4 Å². The van der Waals surface area contributed by atoms with Crippen molar-refractivity contribution in [3.8, 4) is 134 Å². The van der Waals surface area contributed by atoms with Gasteiger partial charge in [-0.05, 0) is 237 Å². The van der Waals surface area contributed by atoms with Crippen molar-refractivity contribution < 1.29 is 0 Å². The number of hydrogen-bond donors (Lipinski definition) is 0. The fourth-order valence-corrected chi connectivity index (χ4v) is 19.5. The van der Waals surface area contributed by atoms with E-state index in [1.54, 1.807) is 0 Å². The Balaban J connectivity index is 0.000000112. The zero-order valence-corrected chi connectivity index (χ0v) is 66.2. The van der Waals surface area contributed by atoms with Gasteiger partial charge in [0.1, 0.15) is 18.5 Å². The summed E-state index contributed by atoms with van der Waals surface area (Å²) in [5, 5.41) is 0. The first-order valence-corrected chi connectivity index (χ1v) is 40.3. The molecule has 6 heterocycles. The zero-order valence-electron chi connectivity index (χ0n) is 66.2. The number of aromatic nitrogens is 3. The summed E-state index contributed by atoms with van der Waals surface area (Å²) < 4.78 is 0. The molecule has 0 unspecified atom stereocenters. The molecule has 3 atom stereocenters. The first-order chi connectivity index (χ1) is 56.4. The summed E-state index contributed by atoms with van der Waals surface area (Å²) in [5.74, 6) is 3.02. The van der Waals surface area contributed by atoms with Gasteiger partial charge in [0.05, 0.1) is 34.1 Å². The Morgan fingerprint density at radius 1 is 0.235 bits per heavy atom. The van der Waals surface area contributed by atoms with Gasteiger partial charge in [0.25, 0.3) is 0 Å². The number of pyridine rings is 3. The second-order valence-corrected chi connectivity index (χ2v) is 31.2. The number of para-hydroxylation sites is 1. The normalized spacial score (nSPS) is 15.1. The predicted octanol–water partition coefficient (Wildman–Crippen LogP) is 27.4. The van der Waals surface area contributed by atoms with E-state index in [-0.39, 0.29) is 18.5 Å². The van der Waals surface area contributed by atoms with E-state index in [1.165, 1.54) is 173 Å². The van der Waals surface area contributed by atoms with Crippen molar-refractivity contribution in [1.82, 2.24) is 15.0 Å². The maximum absolute atomic E-state index is 5.00. The van der Waals surface area contributed by atoms with E-state index >= 15 is 0 Å². The highest BCUT2D eigenvalue weighted by Crippen LogP contribution is 2.60. The van der Waals surface area contributed by atoms with Crippen molar-refractivity contribution >= 4 is 57.3 Å². The first-order valence-electron chi connectivity index (χ1n) is 40.3. The monoisotopic (exact) mass is 1490 g/mol. The third-order valence-electron chi connectivity index (χ3n) is 24.6. The Kier molecular flexibility index (Phi) is 17.3. The van der Waals surface area contributed by atoms with Crippen LogP contribution in [-0.2, 0) is 0 Å². The van der Waals surface area contributed by atoms with Gasteiger partial charge in [0.15, 0.2) is 17.5 Å². The van der Waals surface area contributed by atoms with Crippen LogP contribution in [0.1, 0.15) is 51.3 Å². The molecule has 0 N–H and O–H groups in total. The minimum absolute atomic E-state index is 0.0210. The Labute approximate surface area is 674 Å². The van der Waals surface area contributed by atoms with Gasteiger partial charge in [-0.1, -0.05) is 273 Å². The van der Waals surface area contributed by atoms with E-state index in [2.05, 4.69) is 401 Å². The predicted molar refractivity (Wildman–Crippen MR) is 482 cm³/mol. The molecule has 556 valence electrons. The third kappa shape index (κ3) is 11.2. The molecule has 3 aliphatic carbocycles. The maximum atomic E-state index is 5.00. The van der Waals surface area contributed by atoms with Crippen LogP contribution < -0.4 is 29.4 Å². The Morgan fingerprint density at radius 3 is 0.817 bits per heavy atom. The van der Waals surface area contributed by atoms with E-state index in [9.17, 15) is 0 Å². The number of hydrogen-bond acceptors (Lipinski definition) is 9. The van der Waals surface area contributed by atoms with Crippen LogP contribution in [0.15, 0.2) is 340 Å². The lowest BCUT2D eigenvalue weighted by molar-refractivity contribution is 0.606. The van der Waals surface area contributed by atoms with E-state index in [0.29, 0.717) is 6.04 Å². The molecular formula is C106H87N9. The van der Waals surface area contributed by atoms with Gasteiger partial charge in [-0.3, -0.25) is 0 Å². The van der Waals surface area contributed by atoms with Crippen LogP contribution in [0.4, 0.5) is 57.3 Å². The molecule has 22 rings (SSSR count). The largest absolute Gasteiger partial charge is 0.351 e. The fourth-order valence-electron chi connectivity index (χ4n) is 19.5. The van der Waals surface area contributed by atoms with Crippen molar-refractivity contribution in [2.24, 2.45) is 0 Å². The molecule has 9 nitrogen and oxygen atoms in total. The SMILES string of the molecule is Cc1ccc2c(c1N1c3ncccc3N(C(C)C)[C@@H]1C)-c1ccccc1-c1ccccc1-c1ccccc1-2.Cc1ccc2c(c1N1c3ncccc3N(C)[C@@H]1C)-c1ccccc1-c1ccccc1-c1ccccc1-2.Cc1ccc2c(c1N1c3ncccc3N(c3ccccc3)[C@@H]1C)-c1ccccc1-c1ccccc1-c1ccccc1-2.